The first-order valence-electron chi connectivity index (χ1n) is 7.07. The number of methoxy groups -OCH3 is 1. The Balaban J connectivity index is 1.52. The van der Waals surface area contributed by atoms with E-state index in [4.69, 9.17) is 4.74 Å². The number of amides is 1. The summed E-state index contributed by atoms with van der Waals surface area (Å²) in [7, 11) is 1.55. The normalized spacial score (nSPS) is 14.0. The molecule has 2 aromatic heterocycles. The molecule has 0 radical (unpaired) electrons. The van der Waals surface area contributed by atoms with Gasteiger partial charge in [-0.05, 0) is 18.9 Å². The van der Waals surface area contributed by atoms with Crippen LogP contribution in [0, 0.1) is 0 Å². The van der Waals surface area contributed by atoms with Gasteiger partial charge in [-0.25, -0.2) is 9.97 Å². The van der Waals surface area contributed by atoms with E-state index in [2.05, 4.69) is 19.9 Å². The van der Waals surface area contributed by atoms with E-state index < -0.39 is 0 Å². The van der Waals surface area contributed by atoms with Crippen molar-refractivity contribution in [3.8, 4) is 5.88 Å². The second kappa shape index (κ2) is 5.95. The van der Waals surface area contributed by atoms with Gasteiger partial charge in [0.25, 0.3) is 5.91 Å². The first kappa shape index (κ1) is 13.6. The molecule has 0 bridgehead atoms. The van der Waals surface area contributed by atoms with Gasteiger partial charge >= 0.3 is 0 Å². The number of ether oxygens (including phenoxy) is 1. The van der Waals surface area contributed by atoms with Gasteiger partial charge in [-0.3, -0.25) is 4.79 Å². The molecule has 0 spiro atoms. The molecule has 0 aliphatic heterocycles. The number of aromatic nitrogens is 3. The molecular weight excluding hydrogens is 268 g/mol. The molecule has 1 N–H and O–H groups in total. The summed E-state index contributed by atoms with van der Waals surface area (Å²) in [4.78, 5) is 20.4. The standard InChI is InChI=1S/C15H18N4O2/c1-21-13-5-4-12(10-18-13)15(20)17-7-9-19-8-6-16-14(19)11-2-3-11/h4-6,8,10-11H,2-3,7,9H2,1H3,(H,17,20). The van der Waals surface area contributed by atoms with Crippen LogP contribution < -0.4 is 10.1 Å². The molecule has 0 aromatic carbocycles. The fraction of sp³-hybridized carbons (Fsp3) is 0.400. The third-order valence-corrected chi connectivity index (χ3v) is 3.54. The molecule has 1 saturated carbocycles. The third kappa shape index (κ3) is 3.21. The Labute approximate surface area is 123 Å². The minimum absolute atomic E-state index is 0.127. The fourth-order valence-electron chi connectivity index (χ4n) is 2.24. The van der Waals surface area contributed by atoms with E-state index in [1.165, 1.54) is 19.0 Å². The van der Waals surface area contributed by atoms with Crippen LogP contribution in [0.3, 0.4) is 0 Å². The van der Waals surface area contributed by atoms with Crippen molar-refractivity contribution in [1.82, 2.24) is 19.9 Å². The zero-order valence-electron chi connectivity index (χ0n) is 12.0. The molecule has 0 saturated heterocycles. The number of nitrogens with one attached hydrogen (secondary N) is 1. The molecule has 1 amide bonds. The Kier molecular flexibility index (Phi) is 3.85. The monoisotopic (exact) mass is 286 g/mol. The van der Waals surface area contributed by atoms with Crippen molar-refractivity contribution < 1.29 is 9.53 Å². The number of rotatable bonds is 6. The van der Waals surface area contributed by atoms with E-state index in [1.807, 2.05) is 12.4 Å². The third-order valence-electron chi connectivity index (χ3n) is 3.54. The van der Waals surface area contributed by atoms with Crippen LogP contribution in [0.2, 0.25) is 0 Å². The van der Waals surface area contributed by atoms with E-state index in [0.29, 0.717) is 23.9 Å². The van der Waals surface area contributed by atoms with Crippen molar-refractivity contribution in [2.45, 2.75) is 25.3 Å². The summed E-state index contributed by atoms with van der Waals surface area (Å²) in [5.41, 5.74) is 0.531. The van der Waals surface area contributed by atoms with Crippen LogP contribution in [0.1, 0.15) is 34.9 Å². The SMILES string of the molecule is COc1ccc(C(=O)NCCn2ccnc2C2CC2)cn1. The van der Waals surface area contributed by atoms with E-state index in [1.54, 1.807) is 19.2 Å². The first-order chi connectivity index (χ1) is 10.3. The van der Waals surface area contributed by atoms with Crippen LogP contribution in [-0.2, 0) is 6.54 Å². The largest absolute Gasteiger partial charge is 0.481 e. The van der Waals surface area contributed by atoms with Crippen LogP contribution >= 0.6 is 0 Å². The van der Waals surface area contributed by atoms with Crippen LogP contribution in [0.5, 0.6) is 5.88 Å². The Morgan fingerprint density at radius 1 is 1.43 bits per heavy atom. The zero-order chi connectivity index (χ0) is 14.7. The topological polar surface area (TPSA) is 69.0 Å². The summed E-state index contributed by atoms with van der Waals surface area (Å²) < 4.78 is 7.08. The molecule has 1 aliphatic rings. The van der Waals surface area contributed by atoms with E-state index in [0.717, 1.165) is 12.4 Å². The lowest BCUT2D eigenvalue weighted by Crippen LogP contribution is -2.27. The second-order valence-corrected chi connectivity index (χ2v) is 5.10. The molecule has 3 rings (SSSR count). The Morgan fingerprint density at radius 3 is 2.95 bits per heavy atom. The number of hydrogen-bond donors (Lipinski definition) is 1. The fourth-order valence-corrected chi connectivity index (χ4v) is 2.24. The molecule has 6 heteroatoms. The molecule has 110 valence electrons. The maximum atomic E-state index is 12.0. The van der Waals surface area contributed by atoms with Gasteiger partial charge in [0, 0.05) is 43.7 Å². The van der Waals surface area contributed by atoms with Gasteiger partial charge in [0.1, 0.15) is 5.82 Å². The summed E-state index contributed by atoms with van der Waals surface area (Å²) >= 11 is 0. The van der Waals surface area contributed by atoms with Gasteiger partial charge in [0.2, 0.25) is 5.88 Å². The Morgan fingerprint density at radius 2 is 2.29 bits per heavy atom. The summed E-state index contributed by atoms with van der Waals surface area (Å²) in [5, 5.41) is 2.89. The smallest absolute Gasteiger partial charge is 0.252 e. The van der Waals surface area contributed by atoms with Gasteiger partial charge < -0.3 is 14.6 Å². The van der Waals surface area contributed by atoms with Crippen molar-refractivity contribution in [3.63, 3.8) is 0 Å². The number of nitrogens with zero attached hydrogens (tertiary/aromatic N) is 3. The van der Waals surface area contributed by atoms with Crippen LogP contribution in [0.15, 0.2) is 30.7 Å². The Bertz CT molecular complexity index is 617. The number of carbonyl (C=O) groups is 1. The van der Waals surface area contributed by atoms with Crippen molar-refractivity contribution in [3.05, 3.63) is 42.1 Å². The van der Waals surface area contributed by atoms with Crippen LogP contribution in [0.25, 0.3) is 0 Å². The highest BCUT2D eigenvalue weighted by atomic mass is 16.5. The van der Waals surface area contributed by atoms with Crippen molar-refractivity contribution in [2.75, 3.05) is 13.7 Å². The molecule has 1 aliphatic carbocycles. The van der Waals surface area contributed by atoms with Crippen molar-refractivity contribution in [1.29, 1.82) is 0 Å². The maximum absolute atomic E-state index is 12.0. The second-order valence-electron chi connectivity index (χ2n) is 5.10. The minimum Gasteiger partial charge on any atom is -0.481 e. The van der Waals surface area contributed by atoms with Gasteiger partial charge in [0.05, 0.1) is 12.7 Å². The number of pyridine rings is 1. The number of imidazole rings is 1. The maximum Gasteiger partial charge on any atom is 0.252 e. The predicted octanol–water partition coefficient (Wildman–Crippen LogP) is 1.59. The highest BCUT2D eigenvalue weighted by Gasteiger charge is 2.27. The van der Waals surface area contributed by atoms with Crippen molar-refractivity contribution >= 4 is 5.91 Å². The molecule has 2 aromatic rings. The number of carbonyl (C=O) groups excluding carboxylic acids is 1. The summed E-state index contributed by atoms with van der Waals surface area (Å²) in [6, 6.07) is 3.38. The van der Waals surface area contributed by atoms with Crippen LogP contribution in [-0.4, -0.2) is 34.1 Å². The molecule has 1 fully saturated rings. The molecule has 2 heterocycles. The minimum atomic E-state index is -0.127. The highest BCUT2D eigenvalue weighted by molar-refractivity contribution is 5.93. The predicted molar refractivity (Wildman–Crippen MR) is 77.3 cm³/mol. The van der Waals surface area contributed by atoms with E-state index in [9.17, 15) is 4.79 Å². The molecular formula is C15H18N4O2. The van der Waals surface area contributed by atoms with Gasteiger partial charge in [0.15, 0.2) is 0 Å². The lowest BCUT2D eigenvalue weighted by atomic mass is 10.2. The van der Waals surface area contributed by atoms with E-state index >= 15 is 0 Å². The zero-order valence-corrected chi connectivity index (χ0v) is 12.0. The molecule has 0 atom stereocenters. The quantitative estimate of drug-likeness (QED) is 0.875. The summed E-state index contributed by atoms with van der Waals surface area (Å²) in [6.07, 6.45) is 7.75. The summed E-state index contributed by atoms with van der Waals surface area (Å²) in [5.74, 6) is 2.12. The Hall–Kier alpha value is -2.37. The lowest BCUT2D eigenvalue weighted by Gasteiger charge is -2.08. The molecule has 21 heavy (non-hydrogen) atoms. The molecule has 6 nitrogen and oxygen atoms in total. The van der Waals surface area contributed by atoms with Gasteiger partial charge in [-0.2, -0.15) is 0 Å². The van der Waals surface area contributed by atoms with Gasteiger partial charge in [-0.15, -0.1) is 0 Å². The number of hydrogen-bond acceptors (Lipinski definition) is 4. The first-order valence-corrected chi connectivity index (χ1v) is 7.07. The average molecular weight is 286 g/mol. The van der Waals surface area contributed by atoms with Crippen LogP contribution in [0.4, 0.5) is 0 Å². The van der Waals surface area contributed by atoms with Crippen molar-refractivity contribution in [2.24, 2.45) is 0 Å². The lowest BCUT2D eigenvalue weighted by molar-refractivity contribution is 0.0951. The summed E-state index contributed by atoms with van der Waals surface area (Å²) in [6.45, 7) is 1.31. The van der Waals surface area contributed by atoms with E-state index in [-0.39, 0.29) is 5.91 Å². The van der Waals surface area contributed by atoms with Gasteiger partial charge in [-0.1, -0.05) is 0 Å². The average Bonchev–Trinajstić information content (AvgIpc) is 3.26. The highest BCUT2D eigenvalue weighted by Crippen LogP contribution is 2.38. The molecule has 0 unspecified atom stereocenters.